The van der Waals surface area contributed by atoms with Crippen molar-refractivity contribution in [2.45, 2.75) is 32.7 Å². The van der Waals surface area contributed by atoms with Crippen molar-refractivity contribution in [3.63, 3.8) is 0 Å². The maximum absolute atomic E-state index is 12.6. The predicted molar refractivity (Wildman–Crippen MR) is 109 cm³/mol. The highest BCUT2D eigenvalue weighted by Crippen LogP contribution is 2.39. The second kappa shape index (κ2) is 9.21. The molecular formula is C21H27N2O4S+. The topological polar surface area (TPSA) is 69.1 Å². The fourth-order valence-electron chi connectivity index (χ4n) is 3.55. The number of carbonyl (C=O) groups excluding carboxylic acids is 2. The van der Waals surface area contributed by atoms with Crippen LogP contribution in [0.4, 0.5) is 5.00 Å². The van der Waals surface area contributed by atoms with Crippen LogP contribution < -0.4 is 15.0 Å². The standard InChI is InChI=1S/C21H26N2O4S/c1-4-27-21(25)19-16-9-6-10-17(16)28-20(19)22-18(24)13-23(2)12-14-7-5-8-15(11-14)26-3/h5,7-8,11H,4,6,9-10,12-13H2,1-3H3,(H,22,24)/p+1. The third-order valence-electron chi connectivity index (χ3n) is 4.76. The van der Waals surface area contributed by atoms with Crippen LogP contribution in [0.15, 0.2) is 24.3 Å². The van der Waals surface area contributed by atoms with E-state index in [1.165, 1.54) is 16.2 Å². The SMILES string of the molecule is CCOC(=O)c1c(NC(=O)C[NH+](C)Cc2cccc(OC)c2)sc2c1CCC2. The number of carbonyl (C=O) groups is 2. The Labute approximate surface area is 169 Å². The lowest BCUT2D eigenvalue weighted by molar-refractivity contribution is -0.885. The third kappa shape index (κ3) is 4.72. The van der Waals surface area contributed by atoms with Gasteiger partial charge < -0.3 is 19.7 Å². The molecule has 0 saturated carbocycles. The van der Waals surface area contributed by atoms with Crippen LogP contribution in [-0.4, -0.2) is 39.2 Å². The zero-order chi connectivity index (χ0) is 20.1. The molecule has 28 heavy (non-hydrogen) atoms. The molecule has 0 spiro atoms. The van der Waals surface area contributed by atoms with Crippen molar-refractivity contribution in [3.8, 4) is 5.75 Å². The number of hydrogen-bond donors (Lipinski definition) is 2. The van der Waals surface area contributed by atoms with E-state index >= 15 is 0 Å². The van der Waals surface area contributed by atoms with Gasteiger partial charge in [0.15, 0.2) is 6.54 Å². The molecular weight excluding hydrogens is 376 g/mol. The van der Waals surface area contributed by atoms with Crippen LogP contribution in [0.3, 0.4) is 0 Å². The number of esters is 1. The fraction of sp³-hybridized carbons (Fsp3) is 0.429. The number of methoxy groups -OCH3 is 1. The Kier molecular flexibility index (Phi) is 6.70. The number of hydrogen-bond acceptors (Lipinski definition) is 5. The number of aryl methyl sites for hydroxylation is 1. The maximum Gasteiger partial charge on any atom is 0.341 e. The molecule has 150 valence electrons. The maximum atomic E-state index is 12.6. The highest BCUT2D eigenvalue weighted by atomic mass is 32.1. The molecule has 1 unspecified atom stereocenters. The second-order valence-corrected chi connectivity index (χ2v) is 8.10. The molecule has 0 saturated heterocycles. The van der Waals surface area contributed by atoms with Gasteiger partial charge in [-0.1, -0.05) is 12.1 Å². The van der Waals surface area contributed by atoms with E-state index in [-0.39, 0.29) is 11.9 Å². The highest BCUT2D eigenvalue weighted by Gasteiger charge is 2.28. The van der Waals surface area contributed by atoms with Crippen molar-refractivity contribution in [1.29, 1.82) is 0 Å². The molecule has 1 aliphatic carbocycles. The first-order chi connectivity index (χ1) is 13.5. The van der Waals surface area contributed by atoms with Gasteiger partial charge in [-0.05, 0) is 43.9 Å². The Balaban J connectivity index is 1.65. The van der Waals surface area contributed by atoms with Crippen LogP contribution in [-0.2, 0) is 28.9 Å². The van der Waals surface area contributed by atoms with E-state index in [1.54, 1.807) is 14.0 Å². The number of thiophene rings is 1. The minimum absolute atomic E-state index is 0.106. The molecule has 1 aromatic heterocycles. The number of likely N-dealkylation sites (N-methyl/N-ethyl adjacent to an activating group) is 1. The van der Waals surface area contributed by atoms with E-state index in [2.05, 4.69) is 5.32 Å². The van der Waals surface area contributed by atoms with Gasteiger partial charge in [0.25, 0.3) is 5.91 Å². The van der Waals surface area contributed by atoms with Gasteiger partial charge in [0.1, 0.15) is 17.3 Å². The zero-order valence-corrected chi connectivity index (χ0v) is 17.4. The molecule has 1 atom stereocenters. The largest absolute Gasteiger partial charge is 0.497 e. The van der Waals surface area contributed by atoms with Gasteiger partial charge in [-0.25, -0.2) is 4.79 Å². The van der Waals surface area contributed by atoms with Crippen LogP contribution in [0.5, 0.6) is 5.75 Å². The quantitative estimate of drug-likeness (QED) is 0.662. The number of anilines is 1. The first-order valence-electron chi connectivity index (χ1n) is 9.57. The van der Waals surface area contributed by atoms with Crippen LogP contribution in [0, 0.1) is 0 Å². The lowest BCUT2D eigenvalue weighted by Gasteiger charge is -2.14. The van der Waals surface area contributed by atoms with Gasteiger partial charge in [0, 0.05) is 10.4 Å². The van der Waals surface area contributed by atoms with E-state index in [0.29, 0.717) is 30.3 Å². The third-order valence-corrected chi connectivity index (χ3v) is 5.96. The smallest absolute Gasteiger partial charge is 0.341 e. The van der Waals surface area contributed by atoms with Gasteiger partial charge in [-0.2, -0.15) is 0 Å². The van der Waals surface area contributed by atoms with Crippen molar-refractivity contribution in [3.05, 3.63) is 45.8 Å². The summed E-state index contributed by atoms with van der Waals surface area (Å²) in [5.74, 6) is 0.363. The first kappa shape index (κ1) is 20.4. The van der Waals surface area contributed by atoms with E-state index in [1.807, 2.05) is 31.3 Å². The lowest BCUT2D eigenvalue weighted by atomic mass is 10.1. The summed E-state index contributed by atoms with van der Waals surface area (Å²) >= 11 is 1.51. The summed E-state index contributed by atoms with van der Waals surface area (Å²) in [6.45, 7) is 3.13. The predicted octanol–water partition coefficient (Wildman–Crippen LogP) is 2.08. The number of amides is 1. The van der Waals surface area contributed by atoms with E-state index in [0.717, 1.165) is 41.0 Å². The van der Waals surface area contributed by atoms with E-state index in [9.17, 15) is 9.59 Å². The summed E-state index contributed by atoms with van der Waals surface area (Å²) in [7, 11) is 3.61. The Morgan fingerprint density at radius 2 is 2.11 bits per heavy atom. The molecule has 7 heteroatoms. The summed E-state index contributed by atoms with van der Waals surface area (Å²) < 4.78 is 10.5. The molecule has 2 N–H and O–H groups in total. The average molecular weight is 404 g/mol. The van der Waals surface area contributed by atoms with Crippen LogP contribution in [0.1, 0.15) is 39.7 Å². The minimum Gasteiger partial charge on any atom is -0.497 e. The normalized spacial score (nSPS) is 13.7. The molecule has 1 heterocycles. The number of fused-ring (bicyclic) bond motifs is 1. The number of benzene rings is 1. The highest BCUT2D eigenvalue weighted by molar-refractivity contribution is 7.17. The molecule has 2 aromatic rings. The number of nitrogens with one attached hydrogen (secondary N) is 2. The molecule has 0 aliphatic heterocycles. The summed E-state index contributed by atoms with van der Waals surface area (Å²) in [5, 5.41) is 3.58. The van der Waals surface area contributed by atoms with Crippen molar-refractivity contribution in [1.82, 2.24) is 0 Å². The monoisotopic (exact) mass is 403 g/mol. The molecule has 0 radical (unpaired) electrons. The first-order valence-corrected chi connectivity index (χ1v) is 10.4. The molecule has 0 fully saturated rings. The van der Waals surface area contributed by atoms with Gasteiger partial charge >= 0.3 is 5.97 Å². The van der Waals surface area contributed by atoms with Crippen molar-refractivity contribution in [2.75, 3.05) is 32.6 Å². The minimum atomic E-state index is -0.339. The lowest BCUT2D eigenvalue weighted by Crippen LogP contribution is -3.08. The number of quaternary nitrogens is 1. The number of rotatable bonds is 8. The molecule has 1 aliphatic rings. The summed E-state index contributed by atoms with van der Waals surface area (Å²) in [5.41, 5.74) is 2.71. The van der Waals surface area contributed by atoms with Crippen LogP contribution in [0.2, 0.25) is 0 Å². The van der Waals surface area contributed by atoms with Crippen molar-refractivity contribution >= 4 is 28.2 Å². The van der Waals surface area contributed by atoms with Gasteiger partial charge in [0.2, 0.25) is 0 Å². The summed E-state index contributed by atoms with van der Waals surface area (Å²) in [6, 6.07) is 7.84. The van der Waals surface area contributed by atoms with Gasteiger partial charge in [-0.3, -0.25) is 4.79 Å². The number of ether oxygens (including phenoxy) is 2. The van der Waals surface area contributed by atoms with Gasteiger partial charge in [-0.15, -0.1) is 11.3 Å². The fourth-order valence-corrected chi connectivity index (χ4v) is 4.84. The van der Waals surface area contributed by atoms with E-state index < -0.39 is 0 Å². The van der Waals surface area contributed by atoms with E-state index in [4.69, 9.17) is 9.47 Å². The molecule has 1 amide bonds. The molecule has 0 bridgehead atoms. The second-order valence-electron chi connectivity index (χ2n) is 6.99. The Morgan fingerprint density at radius 3 is 2.86 bits per heavy atom. The molecule has 6 nitrogen and oxygen atoms in total. The summed E-state index contributed by atoms with van der Waals surface area (Å²) in [6.07, 6.45) is 2.88. The Morgan fingerprint density at radius 1 is 1.29 bits per heavy atom. The van der Waals surface area contributed by atoms with Crippen molar-refractivity contribution < 1.29 is 24.0 Å². The zero-order valence-electron chi connectivity index (χ0n) is 16.6. The van der Waals surface area contributed by atoms with Crippen LogP contribution in [0.25, 0.3) is 0 Å². The average Bonchev–Trinajstić information content (AvgIpc) is 3.22. The molecule has 3 rings (SSSR count). The van der Waals surface area contributed by atoms with Gasteiger partial charge in [0.05, 0.1) is 26.3 Å². The summed E-state index contributed by atoms with van der Waals surface area (Å²) in [4.78, 5) is 27.2. The van der Waals surface area contributed by atoms with Crippen LogP contribution >= 0.6 is 11.3 Å². The van der Waals surface area contributed by atoms with Crippen molar-refractivity contribution in [2.24, 2.45) is 0 Å². The Bertz CT molecular complexity index is 862. The Hall–Kier alpha value is -2.38. The molecule has 1 aromatic carbocycles.